The second-order valence-corrected chi connectivity index (χ2v) is 9.80. The summed E-state index contributed by atoms with van der Waals surface area (Å²) in [7, 11) is 0. The molecule has 11 heteroatoms. The Hall–Kier alpha value is -5.84. The molecule has 222 valence electrons. The number of imidazole rings is 1. The first-order chi connectivity index (χ1) is 21.4. The molecule has 6 aromatic rings. The smallest absolute Gasteiger partial charge is 0.248 e. The highest BCUT2D eigenvalue weighted by Crippen LogP contribution is 2.33. The van der Waals surface area contributed by atoms with Crippen LogP contribution in [0.4, 0.5) is 5.82 Å². The van der Waals surface area contributed by atoms with Crippen molar-refractivity contribution in [2.75, 3.05) is 5.73 Å². The first-order valence-electron chi connectivity index (χ1n) is 14.2. The number of nitrogen functional groups attached to an aromatic ring is 1. The van der Waals surface area contributed by atoms with Crippen molar-refractivity contribution in [3.8, 4) is 34.1 Å². The number of anilines is 1. The number of aromatic nitrogens is 6. The number of nitrogens with two attached hydrogens (primary N) is 2. The summed E-state index contributed by atoms with van der Waals surface area (Å²) >= 11 is 0. The number of H-pyrrole nitrogens is 1. The highest BCUT2D eigenvalue weighted by Gasteiger charge is 2.20. The summed E-state index contributed by atoms with van der Waals surface area (Å²) in [5, 5.41) is 15.9. The van der Waals surface area contributed by atoms with Crippen molar-refractivity contribution >= 4 is 29.2 Å². The van der Waals surface area contributed by atoms with E-state index >= 15 is 0 Å². The summed E-state index contributed by atoms with van der Waals surface area (Å²) in [6, 6.07) is 18.2. The number of aromatic amines is 1. The van der Waals surface area contributed by atoms with Crippen molar-refractivity contribution in [2.24, 2.45) is 5.73 Å². The molecule has 4 heterocycles. The Morgan fingerprint density at radius 3 is 2.57 bits per heavy atom. The van der Waals surface area contributed by atoms with Gasteiger partial charge in [0.25, 0.3) is 0 Å². The largest absolute Gasteiger partial charge is 0.507 e. The molecule has 0 fully saturated rings. The maximum Gasteiger partial charge on any atom is 0.248 e. The zero-order chi connectivity index (χ0) is 31.2. The normalized spacial score (nSPS) is 11.6. The molecular weight excluding hydrogens is 556 g/mol. The Labute approximate surface area is 253 Å². The van der Waals surface area contributed by atoms with Crippen molar-refractivity contribution in [1.82, 2.24) is 29.7 Å². The van der Waals surface area contributed by atoms with Crippen LogP contribution in [0.3, 0.4) is 0 Å². The second kappa shape index (κ2) is 13.0. The number of aromatic hydroxyl groups is 1. The topological polar surface area (TPSA) is 179 Å². The fraction of sp³-hybridized carbons (Fsp3) is 0.152. The van der Waals surface area contributed by atoms with E-state index in [1.54, 1.807) is 12.4 Å². The molecule has 0 bridgehead atoms. The molecule has 44 heavy (non-hydrogen) atoms. The minimum Gasteiger partial charge on any atom is -0.507 e. The number of rotatable bonds is 5. The second-order valence-electron chi connectivity index (χ2n) is 9.80. The highest BCUT2D eigenvalue weighted by atomic mass is 16.3. The van der Waals surface area contributed by atoms with Crippen LogP contribution in [-0.2, 0) is 12.8 Å². The molecule has 11 nitrogen and oxygen atoms in total. The van der Waals surface area contributed by atoms with Crippen LogP contribution in [0.25, 0.3) is 39.5 Å². The summed E-state index contributed by atoms with van der Waals surface area (Å²) in [6.45, 7) is 4.00. The quantitative estimate of drug-likeness (QED) is 0.197. The molecule has 0 radical (unpaired) electrons. The maximum atomic E-state index is 10.6. The number of nitrogens with zero attached hydrogens (tertiary/aromatic N) is 5. The summed E-state index contributed by atoms with van der Waals surface area (Å²) in [5.74, 6) is 0.406. The van der Waals surface area contributed by atoms with E-state index < -0.39 is 5.91 Å². The number of phenols is 1. The van der Waals surface area contributed by atoms with E-state index in [1.165, 1.54) is 35.7 Å². The number of benzene rings is 2. The van der Waals surface area contributed by atoms with Crippen molar-refractivity contribution in [3.05, 3.63) is 102 Å². The number of carbonyl (C=O) groups excluding carboxylic acids is 2. The monoisotopic (exact) mass is 588 g/mol. The van der Waals surface area contributed by atoms with E-state index in [0.29, 0.717) is 12.1 Å². The number of hydrogen-bond donors (Lipinski definition) is 4. The SMILES string of the molecule is CC.NC(=O)c1ccc(O)c(C=O)c1.Nc1ncccc1-c1nc2ccc(-c3cn[nH]c3)nc2n1-c1ccc2c(c1)CCC2. The number of pyridine rings is 2. The number of primary amides is 1. The van der Waals surface area contributed by atoms with Crippen molar-refractivity contribution < 1.29 is 14.7 Å². The van der Waals surface area contributed by atoms with Gasteiger partial charge in [0.1, 0.15) is 17.1 Å². The molecule has 6 N–H and O–H groups in total. The van der Waals surface area contributed by atoms with Gasteiger partial charge in [0.15, 0.2) is 17.8 Å². The molecule has 1 aliphatic carbocycles. The Bertz CT molecular complexity index is 1950. The third-order valence-electron chi connectivity index (χ3n) is 7.16. The first-order valence-corrected chi connectivity index (χ1v) is 14.2. The van der Waals surface area contributed by atoms with Crippen LogP contribution in [0.5, 0.6) is 5.75 Å². The molecule has 0 unspecified atom stereocenters. The molecule has 0 spiro atoms. The van der Waals surface area contributed by atoms with Gasteiger partial charge in [-0.1, -0.05) is 19.9 Å². The number of fused-ring (bicyclic) bond motifs is 2. The average molecular weight is 589 g/mol. The van der Waals surface area contributed by atoms with E-state index in [1.807, 2.05) is 44.3 Å². The lowest BCUT2D eigenvalue weighted by atomic mass is 10.1. The molecule has 0 atom stereocenters. The average Bonchev–Trinajstić information content (AvgIpc) is 3.82. The number of amides is 1. The molecule has 1 aliphatic rings. The van der Waals surface area contributed by atoms with Gasteiger partial charge in [0.05, 0.1) is 23.0 Å². The summed E-state index contributed by atoms with van der Waals surface area (Å²) in [4.78, 5) is 35.0. The van der Waals surface area contributed by atoms with Gasteiger partial charge in [-0.15, -0.1) is 0 Å². The first kappa shape index (κ1) is 29.6. The van der Waals surface area contributed by atoms with Gasteiger partial charge in [-0.2, -0.15) is 5.10 Å². The fourth-order valence-corrected chi connectivity index (χ4v) is 5.04. The standard InChI is InChI=1S/C23H19N7.C8H7NO3.C2H6/c24-21-18(5-2-10-25-21)22-29-20-9-8-19(16-12-26-27-13-16)28-23(20)30(22)17-7-6-14-3-1-4-15(14)11-17;9-8(12)5-1-2-7(11)6(3-5)4-10;1-2/h2,5-13H,1,3-4H2,(H2,24,25)(H,26,27);1-4,11H,(H2,9,12);1-2H3. The van der Waals surface area contributed by atoms with E-state index in [9.17, 15) is 9.59 Å². The van der Waals surface area contributed by atoms with E-state index in [4.69, 9.17) is 26.5 Å². The zero-order valence-corrected chi connectivity index (χ0v) is 24.4. The van der Waals surface area contributed by atoms with Gasteiger partial charge >= 0.3 is 0 Å². The number of carbonyl (C=O) groups is 2. The Balaban J connectivity index is 0.000000232. The Morgan fingerprint density at radius 2 is 1.84 bits per heavy atom. The number of aryl methyl sites for hydroxylation is 2. The van der Waals surface area contributed by atoms with Crippen LogP contribution < -0.4 is 11.5 Å². The molecule has 4 aromatic heterocycles. The summed E-state index contributed by atoms with van der Waals surface area (Å²) in [6.07, 6.45) is 9.21. The molecule has 1 amide bonds. The zero-order valence-electron chi connectivity index (χ0n) is 24.4. The maximum absolute atomic E-state index is 10.6. The lowest BCUT2D eigenvalue weighted by Crippen LogP contribution is -2.10. The van der Waals surface area contributed by atoms with E-state index in [0.717, 1.165) is 52.3 Å². The molecule has 0 saturated carbocycles. The van der Waals surface area contributed by atoms with Crippen molar-refractivity contribution in [2.45, 2.75) is 33.1 Å². The minimum absolute atomic E-state index is 0.0614. The van der Waals surface area contributed by atoms with Crippen LogP contribution in [0, 0.1) is 0 Å². The molecule has 7 rings (SSSR count). The number of nitrogens with one attached hydrogen (secondary N) is 1. The van der Waals surface area contributed by atoms with Gasteiger partial charge in [-0.25, -0.2) is 15.0 Å². The molecule has 0 aliphatic heterocycles. The fourth-order valence-electron chi connectivity index (χ4n) is 5.04. The van der Waals surface area contributed by atoms with Crippen LogP contribution in [0.1, 0.15) is 52.1 Å². The Morgan fingerprint density at radius 1 is 1.02 bits per heavy atom. The molecule has 2 aromatic carbocycles. The van der Waals surface area contributed by atoms with Gasteiger partial charge in [-0.05, 0) is 85.0 Å². The van der Waals surface area contributed by atoms with Crippen molar-refractivity contribution in [1.29, 1.82) is 0 Å². The van der Waals surface area contributed by atoms with Gasteiger partial charge < -0.3 is 16.6 Å². The Kier molecular flexibility index (Phi) is 8.75. The van der Waals surface area contributed by atoms with Crippen LogP contribution >= 0.6 is 0 Å². The number of hydrogen-bond acceptors (Lipinski definition) is 8. The van der Waals surface area contributed by atoms with Gasteiger partial charge in [0.2, 0.25) is 5.91 Å². The summed E-state index contributed by atoms with van der Waals surface area (Å²) in [5.41, 5.74) is 19.4. The predicted molar refractivity (Wildman–Crippen MR) is 169 cm³/mol. The van der Waals surface area contributed by atoms with Crippen molar-refractivity contribution in [3.63, 3.8) is 0 Å². The summed E-state index contributed by atoms with van der Waals surface area (Å²) < 4.78 is 2.09. The van der Waals surface area contributed by atoms with Crippen LogP contribution in [0.2, 0.25) is 0 Å². The van der Waals surface area contributed by atoms with Gasteiger partial charge in [-0.3, -0.25) is 19.3 Å². The third-order valence-corrected chi connectivity index (χ3v) is 7.16. The molecule has 0 saturated heterocycles. The molecular formula is C33H32N8O3. The van der Waals surface area contributed by atoms with E-state index in [-0.39, 0.29) is 16.9 Å². The number of phenolic OH excluding ortho intramolecular Hbond substituents is 1. The highest BCUT2D eigenvalue weighted by molar-refractivity contribution is 5.95. The van der Waals surface area contributed by atoms with Crippen LogP contribution in [0.15, 0.2) is 79.3 Å². The minimum atomic E-state index is -0.627. The predicted octanol–water partition coefficient (Wildman–Crippen LogP) is 5.27. The lowest BCUT2D eigenvalue weighted by molar-refractivity contribution is 0.1000. The van der Waals surface area contributed by atoms with E-state index in [2.05, 4.69) is 37.9 Å². The third kappa shape index (κ3) is 5.88. The lowest BCUT2D eigenvalue weighted by Gasteiger charge is -2.12. The number of aldehydes is 1. The van der Waals surface area contributed by atoms with Crippen LogP contribution in [-0.4, -0.2) is 47.0 Å². The van der Waals surface area contributed by atoms with Gasteiger partial charge in [0, 0.05) is 29.2 Å².